The lowest BCUT2D eigenvalue weighted by Gasteiger charge is -2.40. The van der Waals surface area contributed by atoms with Gasteiger partial charge in [0.1, 0.15) is 23.6 Å². The fourth-order valence-electron chi connectivity index (χ4n) is 6.86. The van der Waals surface area contributed by atoms with Crippen molar-refractivity contribution < 1.29 is 23.6 Å². The number of likely N-dealkylation sites (N-methyl/N-ethyl adjacent to an activating group) is 1. The van der Waals surface area contributed by atoms with E-state index in [4.69, 9.17) is 0 Å². The number of aromatic nitrogens is 2. The van der Waals surface area contributed by atoms with E-state index in [1.165, 1.54) is 12.1 Å². The Hall–Kier alpha value is -3.80. The number of piperazine rings is 1. The minimum Gasteiger partial charge on any atom is -0.344 e. The first-order valence-electron chi connectivity index (χ1n) is 17.2. The van der Waals surface area contributed by atoms with Crippen molar-refractivity contribution in [1.82, 2.24) is 30.2 Å². The van der Waals surface area contributed by atoms with E-state index in [0.717, 1.165) is 32.2 Å². The van der Waals surface area contributed by atoms with Crippen LogP contribution in [-0.4, -0.2) is 88.0 Å². The van der Waals surface area contributed by atoms with Crippen LogP contribution in [0.25, 0.3) is 0 Å². The van der Waals surface area contributed by atoms with Gasteiger partial charge in [-0.3, -0.25) is 23.9 Å². The molecule has 256 valence electrons. The molecule has 1 aliphatic heterocycles. The molecule has 3 fully saturated rings. The Morgan fingerprint density at radius 1 is 1.00 bits per heavy atom. The summed E-state index contributed by atoms with van der Waals surface area (Å²) < 4.78 is 17.3. The van der Waals surface area contributed by atoms with Crippen LogP contribution in [0.4, 0.5) is 10.1 Å². The molecule has 5 rings (SSSR count). The first-order chi connectivity index (χ1) is 22.5. The van der Waals surface area contributed by atoms with Gasteiger partial charge in [0, 0.05) is 50.8 Å². The van der Waals surface area contributed by atoms with Gasteiger partial charge in [0.05, 0.1) is 5.69 Å². The zero-order valence-corrected chi connectivity index (χ0v) is 28.3. The molecular weight excluding hydrogens is 601 g/mol. The normalized spacial score (nSPS) is 20.4. The van der Waals surface area contributed by atoms with Crippen LogP contribution in [0.5, 0.6) is 0 Å². The van der Waals surface area contributed by atoms with E-state index >= 15 is 4.39 Å². The van der Waals surface area contributed by atoms with E-state index in [1.54, 1.807) is 27.9 Å². The minimum absolute atomic E-state index is 0.0000644. The Bertz CT molecular complexity index is 1440. The maximum atomic E-state index is 15.8. The quantitative estimate of drug-likeness (QED) is 0.286. The van der Waals surface area contributed by atoms with Crippen LogP contribution in [0.1, 0.15) is 88.2 Å². The maximum absolute atomic E-state index is 15.8. The summed E-state index contributed by atoms with van der Waals surface area (Å²) in [5.74, 6) is -1.73. The average molecular weight is 652 g/mol. The Labute approximate surface area is 277 Å². The summed E-state index contributed by atoms with van der Waals surface area (Å²) in [5, 5.41) is 12.9. The molecule has 3 aliphatic rings. The van der Waals surface area contributed by atoms with Crippen LogP contribution in [0, 0.1) is 23.6 Å². The summed E-state index contributed by atoms with van der Waals surface area (Å²) in [4.78, 5) is 57.6. The zero-order valence-electron chi connectivity index (χ0n) is 28.3. The van der Waals surface area contributed by atoms with Crippen molar-refractivity contribution >= 4 is 29.3 Å². The first-order valence-corrected chi connectivity index (χ1v) is 17.2. The molecule has 2 saturated carbocycles. The molecule has 0 spiro atoms. The number of hydrogen-bond acceptors (Lipinski definition) is 6. The third-order valence-corrected chi connectivity index (χ3v) is 10.1. The predicted molar refractivity (Wildman–Crippen MR) is 177 cm³/mol. The second kappa shape index (κ2) is 15.0. The van der Waals surface area contributed by atoms with Crippen LogP contribution in [0.15, 0.2) is 30.5 Å². The number of rotatable bonds is 14. The predicted octanol–water partition coefficient (Wildman–Crippen LogP) is 3.77. The molecule has 0 radical (unpaired) electrons. The molecule has 2 heterocycles. The lowest BCUT2D eigenvalue weighted by molar-refractivity contribution is -0.139. The molecular formula is C35H50FN7O4. The molecule has 1 aromatic heterocycles. The number of halogens is 1. The number of nitrogens with zero attached hydrogens (tertiary/aromatic N) is 4. The minimum atomic E-state index is -0.863. The van der Waals surface area contributed by atoms with Gasteiger partial charge in [0.25, 0.3) is 5.91 Å². The Morgan fingerprint density at radius 2 is 1.70 bits per heavy atom. The van der Waals surface area contributed by atoms with Crippen LogP contribution in [0.2, 0.25) is 0 Å². The number of amides is 4. The van der Waals surface area contributed by atoms with Gasteiger partial charge in [-0.05, 0) is 94.5 Å². The molecule has 11 nitrogen and oxygen atoms in total. The fraction of sp³-hybridized carbons (Fsp3) is 0.629. The summed E-state index contributed by atoms with van der Waals surface area (Å²) in [6, 6.07) is 4.64. The van der Waals surface area contributed by atoms with Crippen LogP contribution < -0.4 is 16.0 Å². The van der Waals surface area contributed by atoms with E-state index in [1.807, 2.05) is 27.8 Å². The topological polar surface area (TPSA) is 129 Å². The zero-order chi connectivity index (χ0) is 33.8. The van der Waals surface area contributed by atoms with Gasteiger partial charge < -0.3 is 25.8 Å². The SMILES string of the molecule is CCCC(=O)N[C@@H](C(=O)N1CCN(C)[C@H](C)C1)[C@@H](C)c1ccc(NC(=O)[C@@H](NC(=O)c2ccnn2CC)C(C2CC2)C2CC2)c(F)c1. The van der Waals surface area contributed by atoms with Crippen molar-refractivity contribution in [2.75, 3.05) is 32.0 Å². The number of aryl methyl sites for hydroxylation is 1. The number of anilines is 1. The number of hydrogen-bond donors (Lipinski definition) is 3. The van der Waals surface area contributed by atoms with Crippen molar-refractivity contribution in [3.8, 4) is 0 Å². The molecule has 0 bridgehead atoms. The Balaban J connectivity index is 1.34. The number of benzene rings is 1. The second-order valence-electron chi connectivity index (χ2n) is 13.7. The van der Waals surface area contributed by atoms with E-state index in [2.05, 4.69) is 32.9 Å². The highest BCUT2D eigenvalue weighted by atomic mass is 19.1. The molecule has 47 heavy (non-hydrogen) atoms. The summed E-state index contributed by atoms with van der Waals surface area (Å²) in [6.07, 6.45) is 6.53. The summed E-state index contributed by atoms with van der Waals surface area (Å²) in [6.45, 7) is 10.00. The highest BCUT2D eigenvalue weighted by Gasteiger charge is 2.48. The molecule has 2 aliphatic carbocycles. The van der Waals surface area contributed by atoms with Crippen LogP contribution >= 0.6 is 0 Å². The maximum Gasteiger partial charge on any atom is 0.270 e. The largest absolute Gasteiger partial charge is 0.344 e. The van der Waals surface area contributed by atoms with Crippen molar-refractivity contribution in [3.63, 3.8) is 0 Å². The summed E-state index contributed by atoms with van der Waals surface area (Å²) >= 11 is 0. The third kappa shape index (κ3) is 8.20. The van der Waals surface area contributed by atoms with Gasteiger partial charge in [0.15, 0.2) is 0 Å². The van der Waals surface area contributed by atoms with Crippen LogP contribution in [0.3, 0.4) is 0 Å². The Morgan fingerprint density at radius 3 is 2.30 bits per heavy atom. The van der Waals surface area contributed by atoms with Gasteiger partial charge in [-0.15, -0.1) is 0 Å². The number of carbonyl (C=O) groups excluding carboxylic acids is 4. The monoisotopic (exact) mass is 651 g/mol. The van der Waals surface area contributed by atoms with E-state index in [-0.39, 0.29) is 41.8 Å². The lowest BCUT2D eigenvalue weighted by Crippen LogP contribution is -2.58. The highest BCUT2D eigenvalue weighted by molar-refractivity contribution is 6.01. The molecule has 4 atom stereocenters. The molecule has 3 N–H and O–H groups in total. The standard InChI is InChI=1S/C35H50FN7O4/c1-6-8-29(44)39-31(35(47)42-18-17-41(5)21(3)20-42)22(4)25-13-14-27(26(36)19-25)38-34(46)32(30(23-9-10-23)24-11-12-24)40-33(45)28-15-16-37-43(28)7-2/h13-16,19,21-24,30-32H,6-12,17-18,20H2,1-5H3,(H,38,46)(H,39,44)(H,40,45)/t21-,22+,31-,32+/m1/s1. The van der Waals surface area contributed by atoms with Gasteiger partial charge in [0.2, 0.25) is 17.7 Å². The van der Waals surface area contributed by atoms with Gasteiger partial charge in [-0.25, -0.2) is 4.39 Å². The molecule has 0 unspecified atom stereocenters. The molecule has 1 aromatic carbocycles. The van der Waals surface area contributed by atoms with E-state index < -0.39 is 29.7 Å². The van der Waals surface area contributed by atoms with E-state index in [0.29, 0.717) is 49.1 Å². The number of carbonyl (C=O) groups is 4. The van der Waals surface area contributed by atoms with Gasteiger partial charge in [-0.2, -0.15) is 5.10 Å². The van der Waals surface area contributed by atoms with Crippen molar-refractivity contribution in [3.05, 3.63) is 47.5 Å². The average Bonchev–Trinajstić information content (AvgIpc) is 4.00. The van der Waals surface area contributed by atoms with E-state index in [9.17, 15) is 19.2 Å². The van der Waals surface area contributed by atoms with Crippen molar-refractivity contribution in [2.45, 2.75) is 96.8 Å². The molecule has 12 heteroatoms. The van der Waals surface area contributed by atoms with Gasteiger partial charge in [-0.1, -0.05) is 19.9 Å². The molecule has 1 saturated heterocycles. The third-order valence-electron chi connectivity index (χ3n) is 10.1. The Kier molecular flexibility index (Phi) is 11.0. The van der Waals surface area contributed by atoms with Crippen molar-refractivity contribution in [1.29, 1.82) is 0 Å². The first kappa shape index (κ1) is 34.5. The summed E-state index contributed by atoms with van der Waals surface area (Å²) in [7, 11) is 2.02. The molecule has 2 aromatic rings. The highest BCUT2D eigenvalue weighted by Crippen LogP contribution is 2.51. The molecule has 4 amide bonds. The van der Waals surface area contributed by atoms with Crippen molar-refractivity contribution in [2.24, 2.45) is 17.8 Å². The lowest BCUT2D eigenvalue weighted by atomic mass is 9.88. The van der Waals surface area contributed by atoms with Gasteiger partial charge >= 0.3 is 0 Å². The fourth-order valence-corrected chi connectivity index (χ4v) is 6.86. The summed E-state index contributed by atoms with van der Waals surface area (Å²) in [5.41, 5.74) is 0.908. The van der Waals surface area contributed by atoms with Crippen LogP contribution in [-0.2, 0) is 20.9 Å². The second-order valence-corrected chi connectivity index (χ2v) is 13.7. The smallest absolute Gasteiger partial charge is 0.270 e. The number of nitrogens with one attached hydrogen (secondary N) is 3.